The molecule has 0 fully saturated rings. The van der Waals surface area contributed by atoms with Crippen molar-refractivity contribution < 1.29 is 18.3 Å². The molecule has 1 aliphatic rings. The summed E-state index contributed by atoms with van der Waals surface area (Å²) in [6, 6.07) is 12.1. The van der Waals surface area contributed by atoms with Gasteiger partial charge in [0.05, 0.1) is 12.2 Å². The van der Waals surface area contributed by atoms with E-state index in [2.05, 4.69) is 0 Å². The Balaban J connectivity index is 2.06. The summed E-state index contributed by atoms with van der Waals surface area (Å²) in [5, 5.41) is 0. The third-order valence-electron chi connectivity index (χ3n) is 4.40. The predicted octanol–water partition coefficient (Wildman–Crippen LogP) is 4.31. The van der Waals surface area contributed by atoms with E-state index in [0.29, 0.717) is 17.7 Å². The van der Waals surface area contributed by atoms with Crippen LogP contribution in [0.1, 0.15) is 30.4 Å². The number of nitrogens with two attached hydrogens (primary N) is 1. The van der Waals surface area contributed by atoms with Gasteiger partial charge in [-0.05, 0) is 60.4 Å². The largest absolute Gasteiger partial charge is 0.463 e. The Morgan fingerprint density at radius 3 is 2.23 bits per heavy atom. The third kappa shape index (κ3) is 3.67. The first-order chi connectivity index (χ1) is 12.5. The molecular weight excluding hydrogens is 336 g/mol. The maximum atomic E-state index is 13.3. The molecule has 134 valence electrons. The zero-order valence-corrected chi connectivity index (χ0v) is 14.3. The Hall–Kier alpha value is -2.95. The third-order valence-corrected chi connectivity index (χ3v) is 4.40. The number of carbonyl (C=O) groups excluding carboxylic acids is 1. The van der Waals surface area contributed by atoms with Crippen molar-refractivity contribution in [3.05, 3.63) is 88.6 Å². The van der Waals surface area contributed by atoms with E-state index in [1.54, 1.807) is 37.3 Å². The maximum Gasteiger partial charge on any atom is 0.336 e. The molecule has 26 heavy (non-hydrogen) atoms. The van der Waals surface area contributed by atoms with Crippen molar-refractivity contribution in [2.75, 3.05) is 6.61 Å². The van der Waals surface area contributed by atoms with E-state index in [1.165, 1.54) is 24.3 Å². The summed E-state index contributed by atoms with van der Waals surface area (Å²) in [7, 11) is 0. The highest BCUT2D eigenvalue weighted by Crippen LogP contribution is 2.40. The normalized spacial score (nSPS) is 17.0. The number of carbonyl (C=O) groups is 1. The minimum atomic E-state index is -0.478. The van der Waals surface area contributed by atoms with Crippen LogP contribution in [-0.2, 0) is 9.53 Å². The first-order valence-corrected chi connectivity index (χ1v) is 8.38. The SMILES string of the molecule is CCOC(=O)C1=C(N)C=C(c2ccc(F)cc2)C[C@H]1c1ccc(F)cc1. The van der Waals surface area contributed by atoms with Crippen LogP contribution in [0.5, 0.6) is 0 Å². The molecule has 2 N–H and O–H groups in total. The minimum Gasteiger partial charge on any atom is -0.463 e. The van der Waals surface area contributed by atoms with Crippen LogP contribution >= 0.6 is 0 Å². The lowest BCUT2D eigenvalue weighted by Gasteiger charge is -2.27. The molecule has 1 aliphatic carbocycles. The van der Waals surface area contributed by atoms with Gasteiger partial charge < -0.3 is 10.5 Å². The second-order valence-electron chi connectivity index (χ2n) is 6.07. The van der Waals surface area contributed by atoms with Crippen molar-refractivity contribution in [1.29, 1.82) is 0 Å². The summed E-state index contributed by atoms with van der Waals surface area (Å²) in [5.41, 5.74) is 9.33. The monoisotopic (exact) mass is 355 g/mol. The quantitative estimate of drug-likeness (QED) is 0.832. The fourth-order valence-electron chi connectivity index (χ4n) is 3.16. The Bertz CT molecular complexity index is 868. The van der Waals surface area contributed by atoms with Crippen LogP contribution in [0, 0.1) is 11.6 Å². The maximum absolute atomic E-state index is 13.3. The van der Waals surface area contributed by atoms with Gasteiger partial charge in [0.15, 0.2) is 0 Å². The lowest BCUT2D eigenvalue weighted by atomic mass is 9.79. The van der Waals surface area contributed by atoms with Gasteiger partial charge in [-0.2, -0.15) is 0 Å². The number of ether oxygens (including phenoxy) is 1. The highest BCUT2D eigenvalue weighted by Gasteiger charge is 2.30. The van der Waals surface area contributed by atoms with Crippen molar-refractivity contribution in [2.45, 2.75) is 19.3 Å². The molecule has 0 amide bonds. The number of rotatable bonds is 4. The molecule has 0 saturated carbocycles. The molecule has 0 spiro atoms. The van der Waals surface area contributed by atoms with Crippen molar-refractivity contribution in [3.63, 3.8) is 0 Å². The highest BCUT2D eigenvalue weighted by molar-refractivity contribution is 5.94. The van der Waals surface area contributed by atoms with E-state index < -0.39 is 5.97 Å². The van der Waals surface area contributed by atoms with E-state index in [9.17, 15) is 13.6 Å². The number of allylic oxidation sites excluding steroid dienone is 2. The molecule has 0 unspecified atom stereocenters. The molecule has 2 aromatic carbocycles. The van der Waals surface area contributed by atoms with Gasteiger partial charge in [-0.15, -0.1) is 0 Å². The van der Waals surface area contributed by atoms with Crippen LogP contribution in [0.4, 0.5) is 8.78 Å². The zero-order valence-electron chi connectivity index (χ0n) is 14.3. The molecule has 0 aromatic heterocycles. The molecule has 3 rings (SSSR count). The number of benzene rings is 2. The van der Waals surface area contributed by atoms with Crippen molar-refractivity contribution in [1.82, 2.24) is 0 Å². The topological polar surface area (TPSA) is 52.3 Å². The summed E-state index contributed by atoms with van der Waals surface area (Å²) < 4.78 is 31.7. The van der Waals surface area contributed by atoms with Crippen LogP contribution in [0.2, 0.25) is 0 Å². The Labute approximate surface area is 150 Å². The minimum absolute atomic E-state index is 0.236. The summed E-state index contributed by atoms with van der Waals surface area (Å²) in [5.74, 6) is -1.52. The summed E-state index contributed by atoms with van der Waals surface area (Å²) >= 11 is 0. The van der Waals surface area contributed by atoms with Crippen molar-refractivity contribution >= 4 is 11.5 Å². The van der Waals surface area contributed by atoms with Gasteiger partial charge in [0.2, 0.25) is 0 Å². The standard InChI is InChI=1S/C21H19F2NO2/c1-2-26-21(25)20-18(14-5-9-17(23)10-6-14)11-15(12-19(20)24)13-3-7-16(22)8-4-13/h3-10,12,18H,2,11,24H2,1H3/t18-/m0/s1. The molecule has 0 heterocycles. The fourth-order valence-corrected chi connectivity index (χ4v) is 3.16. The van der Waals surface area contributed by atoms with Gasteiger partial charge in [-0.1, -0.05) is 24.3 Å². The van der Waals surface area contributed by atoms with Gasteiger partial charge in [0, 0.05) is 11.6 Å². The molecule has 5 heteroatoms. The van der Waals surface area contributed by atoms with Gasteiger partial charge >= 0.3 is 5.97 Å². The number of halogens is 2. The lowest BCUT2D eigenvalue weighted by Crippen LogP contribution is -2.22. The predicted molar refractivity (Wildman–Crippen MR) is 96.0 cm³/mol. The van der Waals surface area contributed by atoms with E-state index in [4.69, 9.17) is 10.5 Å². The van der Waals surface area contributed by atoms with Gasteiger partial charge in [-0.3, -0.25) is 0 Å². The number of hydrogen-bond donors (Lipinski definition) is 1. The van der Waals surface area contributed by atoms with Crippen LogP contribution in [-0.4, -0.2) is 12.6 Å². The molecule has 2 aromatic rings. The number of hydrogen-bond acceptors (Lipinski definition) is 3. The summed E-state index contributed by atoms with van der Waals surface area (Å²) in [6.07, 6.45) is 2.20. The van der Waals surface area contributed by atoms with E-state index in [1.807, 2.05) is 0 Å². The average Bonchev–Trinajstić information content (AvgIpc) is 2.62. The fraction of sp³-hybridized carbons (Fsp3) is 0.190. The molecular formula is C21H19F2NO2. The van der Waals surface area contributed by atoms with Crippen LogP contribution < -0.4 is 5.73 Å². The van der Waals surface area contributed by atoms with Gasteiger partial charge in [-0.25, -0.2) is 13.6 Å². The van der Waals surface area contributed by atoms with Gasteiger partial charge in [0.25, 0.3) is 0 Å². The second kappa shape index (κ2) is 7.52. The molecule has 0 bridgehead atoms. The van der Waals surface area contributed by atoms with Crippen LogP contribution in [0.25, 0.3) is 5.57 Å². The zero-order chi connectivity index (χ0) is 18.7. The highest BCUT2D eigenvalue weighted by atomic mass is 19.1. The Morgan fingerprint density at radius 2 is 1.65 bits per heavy atom. The summed E-state index contributed by atoms with van der Waals surface area (Å²) in [4.78, 5) is 12.4. The first-order valence-electron chi connectivity index (χ1n) is 8.38. The van der Waals surface area contributed by atoms with E-state index in [0.717, 1.165) is 16.7 Å². The van der Waals surface area contributed by atoms with Crippen molar-refractivity contribution in [2.24, 2.45) is 5.73 Å². The molecule has 3 nitrogen and oxygen atoms in total. The molecule has 0 aliphatic heterocycles. The second-order valence-corrected chi connectivity index (χ2v) is 6.07. The molecule has 0 saturated heterocycles. The molecule has 0 radical (unpaired) electrons. The van der Waals surface area contributed by atoms with Gasteiger partial charge in [0.1, 0.15) is 11.6 Å². The molecule has 1 atom stereocenters. The Morgan fingerprint density at radius 1 is 1.08 bits per heavy atom. The van der Waals surface area contributed by atoms with Crippen LogP contribution in [0.15, 0.2) is 65.9 Å². The van der Waals surface area contributed by atoms with E-state index >= 15 is 0 Å². The summed E-state index contributed by atoms with van der Waals surface area (Å²) in [6.45, 7) is 1.96. The van der Waals surface area contributed by atoms with E-state index in [-0.39, 0.29) is 24.2 Å². The smallest absolute Gasteiger partial charge is 0.336 e. The van der Waals surface area contributed by atoms with Crippen molar-refractivity contribution in [3.8, 4) is 0 Å². The Kier molecular flexibility index (Phi) is 5.16. The first kappa shape index (κ1) is 17.9. The number of esters is 1. The van der Waals surface area contributed by atoms with Crippen LogP contribution in [0.3, 0.4) is 0 Å². The lowest BCUT2D eigenvalue weighted by molar-refractivity contribution is -0.138. The average molecular weight is 355 g/mol.